The molecule has 0 saturated carbocycles. The molecule has 0 bridgehead atoms. The van der Waals surface area contributed by atoms with Crippen molar-refractivity contribution in [2.24, 2.45) is 0 Å². The second-order valence-electron chi connectivity index (χ2n) is 4.82. The van der Waals surface area contributed by atoms with Gasteiger partial charge in [0.05, 0.1) is 0 Å². The first-order chi connectivity index (χ1) is 8.69. The molecule has 0 N–H and O–H groups in total. The fourth-order valence-electron chi connectivity index (χ4n) is 2.03. The van der Waals surface area contributed by atoms with Gasteiger partial charge in [0.1, 0.15) is 0 Å². The van der Waals surface area contributed by atoms with Gasteiger partial charge in [-0.3, -0.25) is 0 Å². The molecule has 92 valence electrons. The van der Waals surface area contributed by atoms with Crippen molar-refractivity contribution in [3.8, 4) is 0 Å². The maximum absolute atomic E-state index is 4.19. The highest BCUT2D eigenvalue weighted by molar-refractivity contribution is 5.65. The zero-order chi connectivity index (χ0) is 13.0. The van der Waals surface area contributed by atoms with Crippen LogP contribution >= 0.6 is 0 Å². The van der Waals surface area contributed by atoms with Gasteiger partial charge in [-0.1, -0.05) is 67.6 Å². The fourth-order valence-corrected chi connectivity index (χ4v) is 2.03. The summed E-state index contributed by atoms with van der Waals surface area (Å²) in [7, 11) is 0. The first-order valence-corrected chi connectivity index (χ1v) is 6.51. The van der Waals surface area contributed by atoms with Crippen molar-refractivity contribution in [2.45, 2.75) is 26.7 Å². The molecule has 2 rings (SSSR count). The lowest BCUT2D eigenvalue weighted by molar-refractivity contribution is 1.13. The molecular formula is C18H20. The van der Waals surface area contributed by atoms with Crippen LogP contribution in [-0.4, -0.2) is 0 Å². The van der Waals surface area contributed by atoms with Crippen molar-refractivity contribution in [1.82, 2.24) is 0 Å². The van der Waals surface area contributed by atoms with Gasteiger partial charge in [-0.05, 0) is 42.0 Å². The number of hydrogen-bond donors (Lipinski definition) is 0. The molecule has 0 heterocycles. The van der Waals surface area contributed by atoms with Gasteiger partial charge in [0.25, 0.3) is 0 Å². The van der Waals surface area contributed by atoms with Gasteiger partial charge in [0.2, 0.25) is 0 Å². The number of allylic oxidation sites excluding steroid dienone is 1. The van der Waals surface area contributed by atoms with E-state index in [1.807, 2.05) is 0 Å². The summed E-state index contributed by atoms with van der Waals surface area (Å²) in [6.07, 6.45) is 2.02. The standard InChI is InChI=1S/C18H20/c1-4-16-7-9-17(10-8-16)13-15(3)18-11-5-14(2)6-12-18/h5-12H,3-4,13H2,1-2H3. The number of rotatable bonds is 4. The van der Waals surface area contributed by atoms with E-state index in [4.69, 9.17) is 0 Å². The Labute approximate surface area is 110 Å². The molecule has 0 fully saturated rings. The van der Waals surface area contributed by atoms with E-state index in [-0.39, 0.29) is 0 Å². The molecule has 2 aromatic rings. The maximum Gasteiger partial charge on any atom is -0.00257 e. The van der Waals surface area contributed by atoms with Gasteiger partial charge in [-0.25, -0.2) is 0 Å². The van der Waals surface area contributed by atoms with E-state index < -0.39 is 0 Å². The smallest absolute Gasteiger partial charge is 0.00257 e. The van der Waals surface area contributed by atoms with Crippen LogP contribution in [0.25, 0.3) is 5.57 Å². The third kappa shape index (κ3) is 3.10. The lowest BCUT2D eigenvalue weighted by Crippen LogP contribution is -1.90. The molecule has 0 saturated heterocycles. The fraction of sp³-hybridized carbons (Fsp3) is 0.222. The van der Waals surface area contributed by atoms with Crippen LogP contribution in [0.1, 0.15) is 29.2 Å². The van der Waals surface area contributed by atoms with Crippen molar-refractivity contribution >= 4 is 5.57 Å². The first kappa shape index (κ1) is 12.6. The Kier molecular flexibility index (Phi) is 3.99. The quantitative estimate of drug-likeness (QED) is 0.714. The molecule has 0 aliphatic heterocycles. The minimum Gasteiger partial charge on any atom is -0.0949 e. The summed E-state index contributed by atoms with van der Waals surface area (Å²) < 4.78 is 0. The van der Waals surface area contributed by atoms with Crippen molar-refractivity contribution in [1.29, 1.82) is 0 Å². The molecule has 2 aromatic carbocycles. The Morgan fingerprint density at radius 2 is 1.44 bits per heavy atom. The molecule has 0 radical (unpaired) electrons. The van der Waals surface area contributed by atoms with E-state index in [0.29, 0.717) is 0 Å². The van der Waals surface area contributed by atoms with Crippen LogP contribution in [-0.2, 0) is 12.8 Å². The van der Waals surface area contributed by atoms with Crippen molar-refractivity contribution < 1.29 is 0 Å². The Morgan fingerprint density at radius 1 is 0.889 bits per heavy atom. The minimum absolute atomic E-state index is 0.924. The van der Waals surface area contributed by atoms with E-state index in [9.17, 15) is 0 Å². The Balaban J connectivity index is 2.08. The normalized spacial score (nSPS) is 10.3. The predicted molar refractivity (Wildman–Crippen MR) is 79.7 cm³/mol. The Hall–Kier alpha value is -1.82. The zero-order valence-electron chi connectivity index (χ0n) is 11.2. The number of hydrogen-bond acceptors (Lipinski definition) is 0. The van der Waals surface area contributed by atoms with Gasteiger partial charge in [0, 0.05) is 0 Å². The SMILES string of the molecule is C=C(Cc1ccc(CC)cc1)c1ccc(C)cc1. The third-order valence-corrected chi connectivity index (χ3v) is 3.31. The zero-order valence-corrected chi connectivity index (χ0v) is 11.2. The molecule has 0 atom stereocenters. The number of benzene rings is 2. The molecule has 0 aliphatic carbocycles. The summed E-state index contributed by atoms with van der Waals surface area (Å²) in [5.74, 6) is 0. The highest BCUT2D eigenvalue weighted by Crippen LogP contribution is 2.18. The van der Waals surface area contributed by atoms with E-state index in [2.05, 4.69) is 69.0 Å². The number of aryl methyl sites for hydroxylation is 2. The van der Waals surface area contributed by atoms with Gasteiger partial charge >= 0.3 is 0 Å². The molecule has 0 unspecified atom stereocenters. The largest absolute Gasteiger partial charge is 0.0949 e. The average Bonchev–Trinajstić information content (AvgIpc) is 2.40. The van der Waals surface area contributed by atoms with Crippen LogP contribution in [0.15, 0.2) is 55.1 Å². The maximum atomic E-state index is 4.19. The van der Waals surface area contributed by atoms with Crippen LogP contribution in [0.2, 0.25) is 0 Å². The molecule has 0 amide bonds. The van der Waals surface area contributed by atoms with Crippen LogP contribution in [0.3, 0.4) is 0 Å². The molecule has 0 aliphatic rings. The van der Waals surface area contributed by atoms with E-state index in [1.165, 1.54) is 27.8 Å². The first-order valence-electron chi connectivity index (χ1n) is 6.51. The van der Waals surface area contributed by atoms with Gasteiger partial charge in [-0.2, -0.15) is 0 Å². The average molecular weight is 236 g/mol. The van der Waals surface area contributed by atoms with Crippen LogP contribution in [0.4, 0.5) is 0 Å². The van der Waals surface area contributed by atoms with Crippen LogP contribution < -0.4 is 0 Å². The molecule has 0 spiro atoms. The summed E-state index contributed by atoms with van der Waals surface area (Å²) in [6.45, 7) is 8.48. The molecule has 0 nitrogen and oxygen atoms in total. The van der Waals surface area contributed by atoms with Gasteiger partial charge < -0.3 is 0 Å². The summed E-state index contributed by atoms with van der Waals surface area (Å²) in [6, 6.07) is 17.4. The van der Waals surface area contributed by atoms with Crippen molar-refractivity contribution in [2.75, 3.05) is 0 Å². The van der Waals surface area contributed by atoms with Crippen molar-refractivity contribution in [3.63, 3.8) is 0 Å². The Morgan fingerprint density at radius 3 is 2.00 bits per heavy atom. The molecule has 18 heavy (non-hydrogen) atoms. The van der Waals surface area contributed by atoms with E-state index in [0.717, 1.165) is 12.8 Å². The van der Waals surface area contributed by atoms with Crippen LogP contribution in [0, 0.1) is 6.92 Å². The molecular weight excluding hydrogens is 216 g/mol. The highest BCUT2D eigenvalue weighted by atomic mass is 14.1. The summed E-state index contributed by atoms with van der Waals surface area (Å²) in [5, 5.41) is 0. The Bertz CT molecular complexity index is 515. The summed E-state index contributed by atoms with van der Waals surface area (Å²) >= 11 is 0. The molecule has 0 aromatic heterocycles. The lowest BCUT2D eigenvalue weighted by atomic mass is 9.98. The van der Waals surface area contributed by atoms with Gasteiger partial charge in [-0.15, -0.1) is 0 Å². The van der Waals surface area contributed by atoms with Gasteiger partial charge in [0.15, 0.2) is 0 Å². The summed E-state index contributed by atoms with van der Waals surface area (Å²) in [5.41, 5.74) is 6.43. The topological polar surface area (TPSA) is 0 Å². The third-order valence-electron chi connectivity index (χ3n) is 3.31. The minimum atomic E-state index is 0.924. The van der Waals surface area contributed by atoms with E-state index in [1.54, 1.807) is 0 Å². The lowest BCUT2D eigenvalue weighted by Gasteiger charge is -2.07. The monoisotopic (exact) mass is 236 g/mol. The highest BCUT2D eigenvalue weighted by Gasteiger charge is 2.01. The predicted octanol–water partition coefficient (Wildman–Crippen LogP) is 4.81. The molecule has 0 heteroatoms. The van der Waals surface area contributed by atoms with E-state index >= 15 is 0 Å². The van der Waals surface area contributed by atoms with Crippen molar-refractivity contribution in [3.05, 3.63) is 77.4 Å². The second kappa shape index (κ2) is 5.68. The van der Waals surface area contributed by atoms with Crippen LogP contribution in [0.5, 0.6) is 0 Å². The summed E-state index contributed by atoms with van der Waals surface area (Å²) in [4.78, 5) is 0. The second-order valence-corrected chi connectivity index (χ2v) is 4.82.